The highest BCUT2D eigenvalue weighted by atomic mass is 79.9. The van der Waals surface area contributed by atoms with E-state index in [2.05, 4.69) is 33.1 Å². The van der Waals surface area contributed by atoms with Crippen molar-refractivity contribution >= 4 is 68.1 Å². The molecule has 7 nitrogen and oxygen atoms in total. The Morgan fingerprint density at radius 3 is 2.33 bits per heavy atom. The molecule has 0 amide bonds. The average Bonchev–Trinajstić information content (AvgIpc) is 3.09. The standard InChI is InChI=1S/C38H46BrCl2N3O4/c1-3-44(29-10-5-4-6-11-29)22-28-20-27(21-31(39)35(28)42)38(46)47-23-25-16-18-26(19-17-25)37(48-24(2)45)30-12-7-8-15-34(30)43-36-32(40)13-9-14-33(36)41/h7-9,12-15,20-21,25-26,29,37,43H,3-6,10-11,16-19,22-23,42H2,1-2H3. The van der Waals surface area contributed by atoms with E-state index in [1.54, 1.807) is 24.3 Å². The van der Waals surface area contributed by atoms with Crippen molar-refractivity contribution < 1.29 is 19.1 Å². The fraction of sp³-hybridized carbons (Fsp3) is 0.474. The minimum atomic E-state index is -0.446. The highest BCUT2D eigenvalue weighted by molar-refractivity contribution is 9.10. The van der Waals surface area contributed by atoms with Gasteiger partial charge in [0.15, 0.2) is 0 Å². The Hall–Kier alpha value is -2.78. The van der Waals surface area contributed by atoms with Gasteiger partial charge in [-0.3, -0.25) is 9.69 Å². The molecule has 3 aromatic rings. The van der Waals surface area contributed by atoms with Crippen LogP contribution >= 0.6 is 39.1 Å². The van der Waals surface area contributed by atoms with E-state index in [1.807, 2.05) is 30.3 Å². The van der Waals surface area contributed by atoms with Crippen LogP contribution in [0.5, 0.6) is 0 Å². The third-order valence-electron chi connectivity index (χ3n) is 9.87. The zero-order valence-corrected chi connectivity index (χ0v) is 30.9. The number of nitrogen functional groups attached to an aromatic ring is 1. The number of hydrogen-bond acceptors (Lipinski definition) is 7. The van der Waals surface area contributed by atoms with Gasteiger partial charge in [0.25, 0.3) is 0 Å². The van der Waals surface area contributed by atoms with Crippen LogP contribution < -0.4 is 11.1 Å². The fourth-order valence-electron chi connectivity index (χ4n) is 7.23. The van der Waals surface area contributed by atoms with Gasteiger partial charge in [0.05, 0.1) is 33.6 Å². The largest absolute Gasteiger partial charge is 0.462 e. The lowest BCUT2D eigenvalue weighted by molar-refractivity contribution is -0.150. The molecule has 1 atom stereocenters. The van der Waals surface area contributed by atoms with Crippen LogP contribution in [0.15, 0.2) is 59.1 Å². The van der Waals surface area contributed by atoms with Crippen molar-refractivity contribution in [1.29, 1.82) is 0 Å². The summed E-state index contributed by atoms with van der Waals surface area (Å²) in [5, 5.41) is 4.38. The first kappa shape index (κ1) is 36.5. The monoisotopic (exact) mass is 757 g/mol. The molecule has 258 valence electrons. The van der Waals surface area contributed by atoms with Gasteiger partial charge in [-0.1, -0.05) is 73.7 Å². The SMILES string of the molecule is CCN(Cc1cc(C(=O)OCC2CCC(C(OC(C)=O)c3ccccc3Nc3c(Cl)cccc3Cl)CC2)cc(Br)c1N)C1CCCCC1. The van der Waals surface area contributed by atoms with Crippen molar-refractivity contribution in [2.75, 3.05) is 24.2 Å². The topological polar surface area (TPSA) is 93.9 Å². The number of nitrogens with one attached hydrogen (secondary N) is 1. The first-order valence-electron chi connectivity index (χ1n) is 17.1. The van der Waals surface area contributed by atoms with E-state index in [9.17, 15) is 9.59 Å². The molecular formula is C38H46BrCl2N3O4. The van der Waals surface area contributed by atoms with E-state index in [1.165, 1.54) is 39.0 Å². The number of nitrogens with two attached hydrogens (primary N) is 1. The molecule has 0 radical (unpaired) electrons. The summed E-state index contributed by atoms with van der Waals surface area (Å²) in [5.41, 5.74) is 10.9. The molecule has 1 unspecified atom stereocenters. The number of halogens is 3. The minimum Gasteiger partial charge on any atom is -0.462 e. The van der Waals surface area contributed by atoms with Crippen molar-refractivity contribution in [2.45, 2.75) is 90.3 Å². The van der Waals surface area contributed by atoms with E-state index in [4.69, 9.17) is 38.4 Å². The Balaban J connectivity index is 1.21. The van der Waals surface area contributed by atoms with Crippen molar-refractivity contribution in [3.8, 4) is 0 Å². The summed E-state index contributed by atoms with van der Waals surface area (Å²) in [4.78, 5) is 28.1. The van der Waals surface area contributed by atoms with Gasteiger partial charge in [-0.05, 0) is 103 Å². The van der Waals surface area contributed by atoms with Gasteiger partial charge in [0.1, 0.15) is 6.10 Å². The maximum absolute atomic E-state index is 13.3. The number of nitrogens with zero attached hydrogens (tertiary/aromatic N) is 1. The number of carbonyl (C=O) groups excluding carboxylic acids is 2. The van der Waals surface area contributed by atoms with Crippen LogP contribution in [0.4, 0.5) is 17.1 Å². The zero-order chi connectivity index (χ0) is 34.2. The molecule has 0 aliphatic heterocycles. The van der Waals surface area contributed by atoms with Gasteiger partial charge < -0.3 is 20.5 Å². The van der Waals surface area contributed by atoms with Gasteiger partial charge in [0.2, 0.25) is 0 Å². The summed E-state index contributed by atoms with van der Waals surface area (Å²) in [7, 11) is 0. The number of benzene rings is 3. The van der Waals surface area contributed by atoms with Crippen LogP contribution in [0.25, 0.3) is 0 Å². The predicted octanol–water partition coefficient (Wildman–Crippen LogP) is 10.5. The Morgan fingerprint density at radius 1 is 0.979 bits per heavy atom. The van der Waals surface area contributed by atoms with Gasteiger partial charge in [-0.15, -0.1) is 0 Å². The molecule has 2 saturated carbocycles. The third kappa shape index (κ3) is 9.26. The maximum atomic E-state index is 13.3. The second-order valence-corrected chi connectivity index (χ2v) is 14.8. The normalized spacial score (nSPS) is 19.1. The second-order valence-electron chi connectivity index (χ2n) is 13.1. The van der Waals surface area contributed by atoms with Gasteiger partial charge >= 0.3 is 11.9 Å². The zero-order valence-electron chi connectivity index (χ0n) is 27.8. The van der Waals surface area contributed by atoms with Crippen LogP contribution in [-0.2, 0) is 20.8 Å². The van der Waals surface area contributed by atoms with Crippen molar-refractivity contribution in [3.63, 3.8) is 0 Å². The minimum absolute atomic E-state index is 0.104. The maximum Gasteiger partial charge on any atom is 0.338 e. The van der Waals surface area contributed by atoms with E-state index in [0.717, 1.165) is 53.5 Å². The highest BCUT2D eigenvalue weighted by Crippen LogP contribution is 2.43. The lowest BCUT2D eigenvalue weighted by atomic mass is 9.77. The van der Waals surface area contributed by atoms with Crippen LogP contribution in [0.1, 0.15) is 99.2 Å². The Labute approximate surface area is 303 Å². The van der Waals surface area contributed by atoms with Crippen LogP contribution in [-0.4, -0.2) is 36.0 Å². The smallest absolute Gasteiger partial charge is 0.338 e. The second kappa shape index (κ2) is 17.2. The van der Waals surface area contributed by atoms with Gasteiger partial charge in [-0.25, -0.2) is 4.79 Å². The van der Waals surface area contributed by atoms with Crippen molar-refractivity contribution in [3.05, 3.63) is 85.8 Å². The Morgan fingerprint density at radius 2 is 1.67 bits per heavy atom. The average molecular weight is 760 g/mol. The van der Waals surface area contributed by atoms with Crippen molar-refractivity contribution in [2.24, 2.45) is 11.8 Å². The molecule has 0 saturated heterocycles. The molecule has 3 N–H and O–H groups in total. The number of carbonyl (C=O) groups is 2. The summed E-state index contributed by atoms with van der Waals surface area (Å²) in [6.45, 7) is 5.62. The number of ether oxygens (including phenoxy) is 2. The van der Waals surface area contributed by atoms with Crippen molar-refractivity contribution in [1.82, 2.24) is 4.90 Å². The first-order chi connectivity index (χ1) is 23.1. The molecule has 48 heavy (non-hydrogen) atoms. The molecule has 0 aromatic heterocycles. The summed E-state index contributed by atoms with van der Waals surface area (Å²) in [6.07, 6.45) is 9.17. The predicted molar refractivity (Wildman–Crippen MR) is 198 cm³/mol. The molecule has 2 fully saturated rings. The Bertz CT molecular complexity index is 1550. The summed E-state index contributed by atoms with van der Waals surface area (Å²) >= 11 is 16.5. The van der Waals surface area contributed by atoms with Gasteiger partial charge in [-0.2, -0.15) is 0 Å². The van der Waals surface area contributed by atoms with E-state index in [0.29, 0.717) is 46.2 Å². The number of anilines is 3. The molecule has 0 spiro atoms. The lowest BCUT2D eigenvalue weighted by Gasteiger charge is -2.34. The molecule has 2 aliphatic rings. The number of rotatable bonds is 12. The number of esters is 2. The van der Waals surface area contributed by atoms with E-state index in [-0.39, 0.29) is 23.8 Å². The number of hydrogen-bond donors (Lipinski definition) is 2. The van der Waals surface area contributed by atoms with Gasteiger partial charge in [0, 0.05) is 41.2 Å². The summed E-state index contributed by atoms with van der Waals surface area (Å²) in [5.74, 6) is -0.351. The molecule has 5 rings (SSSR count). The van der Waals surface area contributed by atoms with Crippen LogP contribution in [0, 0.1) is 11.8 Å². The Kier molecular flexibility index (Phi) is 13.1. The van der Waals surface area contributed by atoms with Crippen LogP contribution in [0.3, 0.4) is 0 Å². The molecule has 2 aliphatic carbocycles. The van der Waals surface area contributed by atoms with E-state index >= 15 is 0 Å². The summed E-state index contributed by atoms with van der Waals surface area (Å²) in [6, 6.07) is 17.3. The molecular weight excluding hydrogens is 713 g/mol. The third-order valence-corrected chi connectivity index (χ3v) is 11.2. The molecule has 0 heterocycles. The quantitative estimate of drug-likeness (QED) is 0.140. The van der Waals surface area contributed by atoms with E-state index < -0.39 is 6.10 Å². The molecule has 0 bridgehead atoms. The van der Waals surface area contributed by atoms with Crippen LogP contribution in [0.2, 0.25) is 10.0 Å². The molecule has 3 aromatic carbocycles. The summed E-state index contributed by atoms with van der Waals surface area (Å²) < 4.78 is 12.6. The first-order valence-corrected chi connectivity index (χ1v) is 18.7. The fourth-order valence-corrected chi connectivity index (χ4v) is 8.22. The number of para-hydroxylation sites is 2. The highest BCUT2D eigenvalue weighted by Gasteiger charge is 2.33. The lowest BCUT2D eigenvalue weighted by Crippen LogP contribution is -2.36. The molecule has 10 heteroatoms.